The summed E-state index contributed by atoms with van der Waals surface area (Å²) in [7, 11) is 0. The van der Waals surface area contributed by atoms with Crippen LogP contribution in [0.2, 0.25) is 5.02 Å². The lowest BCUT2D eigenvalue weighted by molar-refractivity contribution is -0.136. The van der Waals surface area contributed by atoms with Gasteiger partial charge in [-0.25, -0.2) is 0 Å². The molecule has 24 heavy (non-hydrogen) atoms. The number of nitrogens with one attached hydrogen (secondary N) is 1. The largest absolute Gasteiger partial charge is 0.486 e. The lowest BCUT2D eigenvalue weighted by atomic mass is 10.2. The summed E-state index contributed by atoms with van der Waals surface area (Å²) in [5, 5.41) is 3.08. The molecule has 0 bridgehead atoms. The van der Waals surface area contributed by atoms with Crippen LogP contribution in [0.1, 0.15) is 12.8 Å². The van der Waals surface area contributed by atoms with Crippen molar-refractivity contribution in [3.63, 3.8) is 0 Å². The topological polar surface area (TPSA) is 77.1 Å². The van der Waals surface area contributed by atoms with Crippen LogP contribution in [0.5, 0.6) is 11.5 Å². The van der Waals surface area contributed by atoms with Gasteiger partial charge in [0.05, 0.1) is 23.9 Å². The van der Waals surface area contributed by atoms with Crippen molar-refractivity contribution in [2.24, 2.45) is 0 Å². The number of carbonyl (C=O) groups is 2. The van der Waals surface area contributed by atoms with Gasteiger partial charge >= 0.3 is 0 Å². The molecule has 1 aromatic carbocycles. The van der Waals surface area contributed by atoms with Gasteiger partial charge in [0.25, 0.3) is 0 Å². The van der Waals surface area contributed by atoms with E-state index in [1.807, 2.05) is 0 Å². The van der Waals surface area contributed by atoms with E-state index in [0.717, 1.165) is 0 Å². The number of hydrogen-bond donors (Lipinski definition) is 1. The van der Waals surface area contributed by atoms with Gasteiger partial charge < -0.3 is 24.4 Å². The number of hydrogen-bond acceptors (Lipinski definition) is 5. The quantitative estimate of drug-likeness (QED) is 0.890. The zero-order valence-corrected chi connectivity index (χ0v) is 13.9. The van der Waals surface area contributed by atoms with E-state index in [9.17, 15) is 9.59 Å². The SMILES string of the molecule is O=C(CCC(=O)N1CCOCC1)Nc1cc2c(cc1Cl)OCCO2. The predicted octanol–water partition coefficient (Wildman–Crippen LogP) is 1.69. The van der Waals surface area contributed by atoms with Crippen LogP contribution >= 0.6 is 11.6 Å². The molecule has 3 rings (SSSR count). The average molecular weight is 355 g/mol. The van der Waals surface area contributed by atoms with Gasteiger partial charge in [-0.2, -0.15) is 0 Å². The molecule has 1 fully saturated rings. The third-order valence-corrected chi connectivity index (χ3v) is 4.15. The summed E-state index contributed by atoms with van der Waals surface area (Å²) >= 11 is 6.15. The Morgan fingerprint density at radius 2 is 1.71 bits per heavy atom. The fourth-order valence-electron chi connectivity index (χ4n) is 2.56. The maximum atomic E-state index is 12.1. The lowest BCUT2D eigenvalue weighted by Gasteiger charge is -2.26. The third kappa shape index (κ3) is 4.10. The molecule has 130 valence electrons. The van der Waals surface area contributed by atoms with Crippen molar-refractivity contribution in [1.82, 2.24) is 4.90 Å². The molecule has 8 heteroatoms. The van der Waals surface area contributed by atoms with Crippen LogP contribution in [0.4, 0.5) is 5.69 Å². The maximum absolute atomic E-state index is 12.1. The predicted molar refractivity (Wildman–Crippen MR) is 87.7 cm³/mol. The van der Waals surface area contributed by atoms with Crippen molar-refractivity contribution in [3.8, 4) is 11.5 Å². The van der Waals surface area contributed by atoms with Gasteiger partial charge in [0.1, 0.15) is 13.2 Å². The van der Waals surface area contributed by atoms with Gasteiger partial charge in [0.2, 0.25) is 11.8 Å². The summed E-state index contributed by atoms with van der Waals surface area (Å²) < 4.78 is 16.1. The second-order valence-corrected chi connectivity index (χ2v) is 5.92. The first-order chi connectivity index (χ1) is 11.6. The number of halogens is 1. The fourth-order valence-corrected chi connectivity index (χ4v) is 2.76. The molecule has 1 saturated heterocycles. The molecule has 0 saturated carbocycles. The monoisotopic (exact) mass is 354 g/mol. The number of morpholine rings is 1. The smallest absolute Gasteiger partial charge is 0.224 e. The molecule has 1 aromatic rings. The molecule has 0 aromatic heterocycles. The molecule has 2 heterocycles. The van der Waals surface area contributed by atoms with Crippen molar-refractivity contribution >= 4 is 29.1 Å². The van der Waals surface area contributed by atoms with Crippen LogP contribution in [0.15, 0.2) is 12.1 Å². The molecule has 1 N–H and O–H groups in total. The van der Waals surface area contributed by atoms with Gasteiger partial charge in [0.15, 0.2) is 11.5 Å². The van der Waals surface area contributed by atoms with Crippen LogP contribution in [0.25, 0.3) is 0 Å². The van der Waals surface area contributed by atoms with Gasteiger partial charge in [-0.1, -0.05) is 11.6 Å². The number of rotatable bonds is 4. The summed E-state index contributed by atoms with van der Waals surface area (Å²) in [4.78, 5) is 25.8. The van der Waals surface area contributed by atoms with E-state index in [1.54, 1.807) is 17.0 Å². The summed E-state index contributed by atoms with van der Waals surface area (Å²) in [6, 6.07) is 3.25. The number of benzene rings is 1. The zero-order valence-electron chi connectivity index (χ0n) is 13.2. The first-order valence-electron chi connectivity index (χ1n) is 7.88. The Labute approximate surface area is 144 Å². The van der Waals surface area contributed by atoms with Crippen molar-refractivity contribution in [2.75, 3.05) is 44.8 Å². The van der Waals surface area contributed by atoms with Gasteiger partial charge in [-0.05, 0) is 0 Å². The number of amides is 2. The van der Waals surface area contributed by atoms with Crippen molar-refractivity contribution < 1.29 is 23.8 Å². The molecule has 2 aliphatic heterocycles. The van der Waals surface area contributed by atoms with E-state index in [2.05, 4.69) is 5.32 Å². The van der Waals surface area contributed by atoms with Crippen molar-refractivity contribution in [1.29, 1.82) is 0 Å². The third-order valence-electron chi connectivity index (χ3n) is 3.84. The van der Waals surface area contributed by atoms with Gasteiger partial charge in [-0.3, -0.25) is 9.59 Å². The summed E-state index contributed by atoms with van der Waals surface area (Å²) in [5.74, 6) is 0.800. The summed E-state index contributed by atoms with van der Waals surface area (Å²) in [6.07, 6.45) is 0.259. The highest BCUT2D eigenvalue weighted by atomic mass is 35.5. The van der Waals surface area contributed by atoms with E-state index >= 15 is 0 Å². The Bertz CT molecular complexity index is 631. The molecule has 0 radical (unpaired) electrons. The van der Waals surface area contributed by atoms with Crippen LogP contribution in [-0.2, 0) is 14.3 Å². The Kier molecular flexibility index (Phi) is 5.42. The molecule has 2 aliphatic rings. The first kappa shape index (κ1) is 16.9. The second kappa shape index (κ2) is 7.72. The highest BCUT2D eigenvalue weighted by Crippen LogP contribution is 2.37. The van der Waals surface area contributed by atoms with E-state index in [1.165, 1.54) is 0 Å². The minimum atomic E-state index is -0.268. The first-order valence-corrected chi connectivity index (χ1v) is 8.26. The van der Waals surface area contributed by atoms with E-state index in [-0.39, 0.29) is 24.7 Å². The molecule has 0 unspecified atom stereocenters. The Balaban J connectivity index is 1.54. The van der Waals surface area contributed by atoms with Crippen LogP contribution < -0.4 is 14.8 Å². The molecule has 0 atom stereocenters. The molecule has 0 aliphatic carbocycles. The van der Waals surface area contributed by atoms with Gasteiger partial charge in [-0.15, -0.1) is 0 Å². The Hall–Kier alpha value is -1.99. The van der Waals surface area contributed by atoms with Crippen molar-refractivity contribution in [2.45, 2.75) is 12.8 Å². The van der Waals surface area contributed by atoms with Crippen LogP contribution in [-0.4, -0.2) is 56.2 Å². The number of anilines is 1. The van der Waals surface area contributed by atoms with Crippen molar-refractivity contribution in [3.05, 3.63) is 17.2 Å². The maximum Gasteiger partial charge on any atom is 0.224 e. The number of fused-ring (bicyclic) bond motifs is 1. The molecular formula is C16H19ClN2O5. The van der Waals surface area contributed by atoms with E-state index < -0.39 is 0 Å². The fraction of sp³-hybridized carbons (Fsp3) is 0.500. The van der Waals surface area contributed by atoms with E-state index in [0.29, 0.717) is 61.7 Å². The Morgan fingerprint density at radius 1 is 1.04 bits per heavy atom. The van der Waals surface area contributed by atoms with Crippen LogP contribution in [0.3, 0.4) is 0 Å². The highest BCUT2D eigenvalue weighted by Gasteiger charge is 2.19. The number of ether oxygens (including phenoxy) is 3. The molecule has 0 spiro atoms. The lowest BCUT2D eigenvalue weighted by Crippen LogP contribution is -2.40. The van der Waals surface area contributed by atoms with Gasteiger partial charge in [0, 0.05) is 38.1 Å². The number of nitrogens with zero attached hydrogens (tertiary/aromatic N) is 1. The Morgan fingerprint density at radius 3 is 2.42 bits per heavy atom. The minimum absolute atomic E-state index is 0.0401. The summed E-state index contributed by atoms with van der Waals surface area (Å²) in [5.41, 5.74) is 0.449. The second-order valence-electron chi connectivity index (χ2n) is 5.52. The van der Waals surface area contributed by atoms with Crippen LogP contribution in [0, 0.1) is 0 Å². The zero-order chi connectivity index (χ0) is 16.9. The standard InChI is InChI=1S/C16H19ClN2O5/c17-11-9-13-14(24-8-7-23-13)10-12(11)18-15(20)1-2-16(21)19-3-5-22-6-4-19/h9-10H,1-8H2,(H,18,20). The number of carbonyl (C=O) groups excluding carboxylic acids is 2. The molecule has 2 amide bonds. The average Bonchev–Trinajstić information content (AvgIpc) is 2.61. The normalized spacial score (nSPS) is 16.6. The molecular weight excluding hydrogens is 336 g/mol. The minimum Gasteiger partial charge on any atom is -0.486 e. The van der Waals surface area contributed by atoms with E-state index in [4.69, 9.17) is 25.8 Å². The molecule has 7 nitrogen and oxygen atoms in total. The highest BCUT2D eigenvalue weighted by molar-refractivity contribution is 6.34. The summed E-state index contributed by atoms with van der Waals surface area (Å²) in [6.45, 7) is 3.17.